The maximum Gasteiger partial charge on any atom is 0.336 e. The van der Waals surface area contributed by atoms with Crippen molar-refractivity contribution in [2.75, 3.05) is 10.6 Å². The third-order valence-electron chi connectivity index (χ3n) is 6.57. The number of aliphatic hydroxyl groups excluding tert-OH is 1. The number of benzene rings is 2. The standard InChI is InChI=1S/C27H25BrFN5O4/c1-14-22-21(23(32(3)25(14)36)30-17-9-7-16(28)8-10-17)26(37)34(19-11-12-19)27(38)33(22)20-6-4-5-18(13-20)31-24(35)15(2)29/h4-10,13,19,24,30-31,35H,2,11-12H2,1,3H3. The van der Waals surface area contributed by atoms with Crippen molar-refractivity contribution in [1.29, 1.82) is 0 Å². The van der Waals surface area contributed by atoms with Gasteiger partial charge in [0, 0.05) is 34.5 Å². The van der Waals surface area contributed by atoms with Gasteiger partial charge in [-0.25, -0.2) is 9.18 Å². The molecule has 3 N–H and O–H groups in total. The quantitative estimate of drug-likeness (QED) is 0.282. The Balaban J connectivity index is 1.84. The van der Waals surface area contributed by atoms with Gasteiger partial charge in [-0.1, -0.05) is 28.6 Å². The van der Waals surface area contributed by atoms with Crippen LogP contribution >= 0.6 is 15.9 Å². The van der Waals surface area contributed by atoms with Crippen molar-refractivity contribution in [3.63, 3.8) is 0 Å². The van der Waals surface area contributed by atoms with Crippen LogP contribution in [0.2, 0.25) is 0 Å². The Morgan fingerprint density at radius 3 is 2.42 bits per heavy atom. The van der Waals surface area contributed by atoms with E-state index in [4.69, 9.17) is 0 Å². The Hall–Kier alpha value is -3.96. The topological polar surface area (TPSA) is 110 Å². The fraction of sp³-hybridized carbons (Fsp3) is 0.222. The summed E-state index contributed by atoms with van der Waals surface area (Å²) in [7, 11) is 1.57. The Kier molecular flexibility index (Phi) is 6.58. The largest absolute Gasteiger partial charge is 0.367 e. The number of hydrogen-bond acceptors (Lipinski definition) is 6. The van der Waals surface area contributed by atoms with Crippen molar-refractivity contribution in [2.24, 2.45) is 7.05 Å². The van der Waals surface area contributed by atoms with Gasteiger partial charge in [-0.2, -0.15) is 0 Å². The third-order valence-corrected chi connectivity index (χ3v) is 7.10. The second kappa shape index (κ2) is 9.73. The van der Waals surface area contributed by atoms with Crippen LogP contribution in [0.5, 0.6) is 0 Å². The number of nitrogens with one attached hydrogen (secondary N) is 2. The summed E-state index contributed by atoms with van der Waals surface area (Å²) in [6.07, 6.45) is -0.268. The zero-order chi connectivity index (χ0) is 27.3. The van der Waals surface area contributed by atoms with E-state index in [0.29, 0.717) is 29.9 Å². The first-order valence-electron chi connectivity index (χ1n) is 11.9. The highest BCUT2D eigenvalue weighted by atomic mass is 79.9. The number of nitrogens with zero attached hydrogens (tertiary/aromatic N) is 3. The van der Waals surface area contributed by atoms with Gasteiger partial charge in [0.1, 0.15) is 17.0 Å². The number of aromatic nitrogens is 3. The summed E-state index contributed by atoms with van der Waals surface area (Å²) in [4.78, 5) is 41.1. The fourth-order valence-corrected chi connectivity index (χ4v) is 4.76. The number of anilines is 3. The van der Waals surface area contributed by atoms with Gasteiger partial charge in [-0.05, 0) is 62.2 Å². The maximum absolute atomic E-state index is 13.9. The Labute approximate surface area is 224 Å². The number of halogens is 2. The van der Waals surface area contributed by atoms with Crippen LogP contribution in [0.3, 0.4) is 0 Å². The number of fused-ring (bicyclic) bond motifs is 1. The molecule has 4 aromatic rings. The first kappa shape index (κ1) is 25.7. The number of pyridine rings is 1. The number of hydrogen-bond donors (Lipinski definition) is 3. The van der Waals surface area contributed by atoms with Crippen molar-refractivity contribution in [3.8, 4) is 5.69 Å². The molecule has 0 saturated heterocycles. The van der Waals surface area contributed by atoms with Gasteiger partial charge < -0.3 is 15.7 Å². The normalized spacial score (nSPS) is 13.9. The lowest BCUT2D eigenvalue weighted by molar-refractivity contribution is 0.211. The first-order valence-corrected chi connectivity index (χ1v) is 12.7. The molecule has 1 atom stereocenters. The lowest BCUT2D eigenvalue weighted by Gasteiger charge is -2.21. The lowest BCUT2D eigenvalue weighted by atomic mass is 10.1. The average Bonchev–Trinajstić information content (AvgIpc) is 3.72. The highest BCUT2D eigenvalue weighted by Crippen LogP contribution is 2.34. The van der Waals surface area contributed by atoms with Crippen LogP contribution < -0.4 is 27.4 Å². The van der Waals surface area contributed by atoms with E-state index in [1.807, 2.05) is 12.1 Å². The van der Waals surface area contributed by atoms with Crippen molar-refractivity contribution in [2.45, 2.75) is 32.0 Å². The Bertz CT molecular complexity index is 1770. The van der Waals surface area contributed by atoms with Gasteiger partial charge in [0.05, 0.1) is 11.2 Å². The van der Waals surface area contributed by atoms with Crippen LogP contribution in [0.1, 0.15) is 24.4 Å². The van der Waals surface area contributed by atoms with Crippen LogP contribution in [-0.2, 0) is 7.05 Å². The van der Waals surface area contributed by atoms with E-state index in [2.05, 4.69) is 33.1 Å². The molecule has 2 heterocycles. The van der Waals surface area contributed by atoms with Crippen molar-refractivity contribution in [3.05, 3.63) is 102 Å². The number of rotatable bonds is 7. The van der Waals surface area contributed by atoms with E-state index >= 15 is 0 Å². The van der Waals surface area contributed by atoms with Crippen LogP contribution in [0.25, 0.3) is 16.6 Å². The minimum atomic E-state index is -1.64. The fourth-order valence-electron chi connectivity index (χ4n) is 4.50. The molecule has 38 heavy (non-hydrogen) atoms. The molecule has 2 aromatic heterocycles. The molecule has 0 bridgehead atoms. The first-order chi connectivity index (χ1) is 18.1. The minimum Gasteiger partial charge on any atom is -0.367 e. The molecule has 1 aliphatic carbocycles. The second-order valence-electron chi connectivity index (χ2n) is 9.26. The Morgan fingerprint density at radius 1 is 1.11 bits per heavy atom. The third kappa shape index (κ3) is 4.48. The zero-order valence-electron chi connectivity index (χ0n) is 20.7. The summed E-state index contributed by atoms with van der Waals surface area (Å²) in [5.41, 5.74) is 0.241. The molecule has 1 aliphatic rings. The van der Waals surface area contributed by atoms with Crippen molar-refractivity contribution in [1.82, 2.24) is 13.7 Å². The maximum atomic E-state index is 13.9. The monoisotopic (exact) mass is 581 g/mol. The Morgan fingerprint density at radius 2 is 1.79 bits per heavy atom. The van der Waals surface area contributed by atoms with E-state index in [0.717, 1.165) is 4.47 Å². The van der Waals surface area contributed by atoms with Gasteiger partial charge in [-0.3, -0.25) is 23.3 Å². The summed E-state index contributed by atoms with van der Waals surface area (Å²) in [6.45, 7) is 4.67. The zero-order valence-corrected chi connectivity index (χ0v) is 22.3. The molecule has 1 saturated carbocycles. The van der Waals surface area contributed by atoms with Gasteiger partial charge in [0.15, 0.2) is 6.23 Å². The molecule has 9 nitrogen and oxygen atoms in total. The summed E-state index contributed by atoms with van der Waals surface area (Å²) in [6, 6.07) is 13.4. The summed E-state index contributed by atoms with van der Waals surface area (Å²) < 4.78 is 18.2. The predicted octanol–water partition coefficient (Wildman–Crippen LogP) is 4.21. The molecule has 0 amide bonds. The molecule has 0 radical (unpaired) electrons. The smallest absolute Gasteiger partial charge is 0.336 e. The van der Waals surface area contributed by atoms with Crippen LogP contribution in [0.4, 0.5) is 21.6 Å². The number of aryl methyl sites for hydroxylation is 1. The predicted molar refractivity (Wildman–Crippen MR) is 149 cm³/mol. The molecule has 1 unspecified atom stereocenters. The molecule has 196 valence electrons. The van der Waals surface area contributed by atoms with Crippen LogP contribution in [0.15, 0.2) is 79.8 Å². The molecular formula is C27H25BrFN5O4. The van der Waals surface area contributed by atoms with Crippen molar-refractivity contribution >= 4 is 44.0 Å². The molecule has 5 rings (SSSR count). The molecule has 0 spiro atoms. The van der Waals surface area contributed by atoms with Gasteiger partial charge in [-0.15, -0.1) is 0 Å². The van der Waals surface area contributed by atoms with Crippen LogP contribution in [-0.4, -0.2) is 25.0 Å². The van der Waals surface area contributed by atoms with Crippen molar-refractivity contribution < 1.29 is 9.50 Å². The second-order valence-corrected chi connectivity index (χ2v) is 10.2. The average molecular weight is 582 g/mol. The van der Waals surface area contributed by atoms with Gasteiger partial charge in [0.25, 0.3) is 11.1 Å². The van der Waals surface area contributed by atoms with E-state index in [9.17, 15) is 23.9 Å². The molecule has 0 aliphatic heterocycles. The highest BCUT2D eigenvalue weighted by Gasteiger charge is 2.31. The van der Waals surface area contributed by atoms with E-state index in [1.165, 1.54) is 19.8 Å². The summed E-state index contributed by atoms with van der Waals surface area (Å²) in [5, 5.41) is 15.8. The van der Waals surface area contributed by atoms with Crippen LogP contribution in [0, 0.1) is 6.92 Å². The highest BCUT2D eigenvalue weighted by molar-refractivity contribution is 9.10. The summed E-state index contributed by atoms with van der Waals surface area (Å²) >= 11 is 3.40. The number of aliphatic hydroxyl groups is 1. The SMILES string of the molecule is C=C(F)C(O)Nc1cccc(-n2c(=O)n(C3CC3)c(=O)c3c(Nc4ccc(Br)cc4)n(C)c(=O)c(C)c32)c1. The molecule has 1 fully saturated rings. The van der Waals surface area contributed by atoms with E-state index < -0.39 is 23.3 Å². The van der Waals surface area contributed by atoms with E-state index in [-0.39, 0.29) is 33.9 Å². The molecular weight excluding hydrogens is 557 g/mol. The lowest BCUT2D eigenvalue weighted by Crippen LogP contribution is -2.41. The summed E-state index contributed by atoms with van der Waals surface area (Å²) in [5.74, 6) is -0.715. The van der Waals surface area contributed by atoms with Gasteiger partial charge in [0.2, 0.25) is 0 Å². The van der Waals surface area contributed by atoms with E-state index in [1.54, 1.807) is 44.3 Å². The minimum absolute atomic E-state index is 0.173. The van der Waals surface area contributed by atoms with Gasteiger partial charge >= 0.3 is 5.69 Å². The molecule has 2 aromatic carbocycles. The molecule has 11 heteroatoms.